The highest BCUT2D eigenvalue weighted by molar-refractivity contribution is 5.70. The van der Waals surface area contributed by atoms with E-state index in [1.807, 2.05) is 0 Å². The van der Waals surface area contributed by atoms with E-state index >= 15 is 0 Å². The SMILES string of the molecule is Cc1ccccc1-c1ccccc1CN1CCCCC1. The van der Waals surface area contributed by atoms with Crippen LogP contribution in [0.25, 0.3) is 11.1 Å². The predicted molar refractivity (Wildman–Crippen MR) is 85.7 cm³/mol. The average molecular weight is 265 g/mol. The second-order valence-corrected chi connectivity index (χ2v) is 5.81. The lowest BCUT2D eigenvalue weighted by atomic mass is 9.95. The van der Waals surface area contributed by atoms with E-state index in [1.165, 1.54) is 54.6 Å². The smallest absolute Gasteiger partial charge is 0.0239 e. The lowest BCUT2D eigenvalue weighted by Gasteiger charge is -2.27. The highest BCUT2D eigenvalue weighted by Gasteiger charge is 2.13. The van der Waals surface area contributed by atoms with Crippen LogP contribution >= 0.6 is 0 Å². The summed E-state index contributed by atoms with van der Waals surface area (Å²) < 4.78 is 0. The third-order valence-electron chi connectivity index (χ3n) is 4.30. The standard InChI is InChI=1S/C19H23N/c1-16-9-3-5-11-18(16)19-12-6-4-10-17(19)15-20-13-7-2-8-14-20/h3-6,9-12H,2,7-8,13-15H2,1H3. The summed E-state index contributed by atoms with van der Waals surface area (Å²) in [7, 11) is 0. The van der Waals surface area contributed by atoms with E-state index in [-0.39, 0.29) is 0 Å². The van der Waals surface area contributed by atoms with E-state index in [4.69, 9.17) is 0 Å². The van der Waals surface area contributed by atoms with Crippen LogP contribution in [0.4, 0.5) is 0 Å². The quantitative estimate of drug-likeness (QED) is 0.781. The van der Waals surface area contributed by atoms with Crippen molar-refractivity contribution in [1.82, 2.24) is 4.90 Å². The molecule has 1 aliphatic rings. The van der Waals surface area contributed by atoms with Gasteiger partial charge in [0.05, 0.1) is 0 Å². The van der Waals surface area contributed by atoms with Crippen molar-refractivity contribution in [2.45, 2.75) is 32.7 Å². The number of rotatable bonds is 3. The third-order valence-corrected chi connectivity index (χ3v) is 4.30. The fourth-order valence-electron chi connectivity index (χ4n) is 3.15. The summed E-state index contributed by atoms with van der Waals surface area (Å²) in [4.78, 5) is 2.60. The topological polar surface area (TPSA) is 3.24 Å². The van der Waals surface area contributed by atoms with E-state index < -0.39 is 0 Å². The van der Waals surface area contributed by atoms with Gasteiger partial charge in [0, 0.05) is 6.54 Å². The van der Waals surface area contributed by atoms with Gasteiger partial charge in [-0.1, -0.05) is 55.0 Å². The summed E-state index contributed by atoms with van der Waals surface area (Å²) in [5, 5.41) is 0. The van der Waals surface area contributed by atoms with Crippen LogP contribution in [-0.4, -0.2) is 18.0 Å². The Balaban J connectivity index is 1.90. The second-order valence-electron chi connectivity index (χ2n) is 5.81. The molecule has 0 amide bonds. The van der Waals surface area contributed by atoms with Gasteiger partial charge in [-0.25, -0.2) is 0 Å². The molecule has 0 atom stereocenters. The Morgan fingerprint density at radius 3 is 2.20 bits per heavy atom. The summed E-state index contributed by atoms with van der Waals surface area (Å²) in [5.41, 5.74) is 5.60. The van der Waals surface area contributed by atoms with Crippen molar-refractivity contribution in [2.24, 2.45) is 0 Å². The van der Waals surface area contributed by atoms with Crippen LogP contribution in [0.1, 0.15) is 30.4 Å². The van der Waals surface area contributed by atoms with Crippen molar-refractivity contribution in [1.29, 1.82) is 0 Å². The van der Waals surface area contributed by atoms with E-state index in [9.17, 15) is 0 Å². The van der Waals surface area contributed by atoms with Gasteiger partial charge in [-0.2, -0.15) is 0 Å². The van der Waals surface area contributed by atoms with E-state index in [2.05, 4.69) is 60.4 Å². The molecule has 1 heterocycles. The molecule has 0 aromatic heterocycles. The first-order chi connectivity index (χ1) is 9.84. The average Bonchev–Trinajstić information content (AvgIpc) is 2.50. The van der Waals surface area contributed by atoms with Crippen molar-refractivity contribution in [2.75, 3.05) is 13.1 Å². The number of hydrogen-bond acceptors (Lipinski definition) is 1. The van der Waals surface area contributed by atoms with E-state index in [0.29, 0.717) is 0 Å². The minimum atomic E-state index is 1.09. The molecule has 1 aliphatic heterocycles. The number of aryl methyl sites for hydroxylation is 1. The highest BCUT2D eigenvalue weighted by atomic mass is 15.1. The largest absolute Gasteiger partial charge is 0.299 e. The summed E-state index contributed by atoms with van der Waals surface area (Å²) in [6, 6.07) is 17.6. The maximum atomic E-state index is 2.60. The maximum Gasteiger partial charge on any atom is 0.0239 e. The first kappa shape index (κ1) is 13.4. The van der Waals surface area contributed by atoms with Gasteiger partial charge in [-0.05, 0) is 55.1 Å². The van der Waals surface area contributed by atoms with Crippen LogP contribution < -0.4 is 0 Å². The van der Waals surface area contributed by atoms with Crippen LogP contribution in [0.15, 0.2) is 48.5 Å². The first-order valence-corrected chi connectivity index (χ1v) is 7.71. The first-order valence-electron chi connectivity index (χ1n) is 7.71. The van der Waals surface area contributed by atoms with E-state index in [0.717, 1.165) is 6.54 Å². The number of hydrogen-bond donors (Lipinski definition) is 0. The lowest BCUT2D eigenvalue weighted by molar-refractivity contribution is 0.221. The molecule has 3 rings (SSSR count). The monoisotopic (exact) mass is 265 g/mol. The Bertz CT molecular complexity index is 567. The summed E-state index contributed by atoms with van der Waals surface area (Å²) in [6.07, 6.45) is 4.11. The molecule has 2 aromatic carbocycles. The van der Waals surface area contributed by atoms with Crippen LogP contribution in [0.3, 0.4) is 0 Å². The maximum absolute atomic E-state index is 2.60. The summed E-state index contributed by atoms with van der Waals surface area (Å²) in [6.45, 7) is 5.79. The van der Waals surface area contributed by atoms with Gasteiger partial charge >= 0.3 is 0 Å². The highest BCUT2D eigenvalue weighted by Crippen LogP contribution is 2.28. The molecule has 0 N–H and O–H groups in total. The number of nitrogens with zero attached hydrogens (tertiary/aromatic N) is 1. The molecule has 0 saturated carbocycles. The Hall–Kier alpha value is -1.60. The Kier molecular flexibility index (Phi) is 4.17. The van der Waals surface area contributed by atoms with Crippen molar-refractivity contribution >= 4 is 0 Å². The van der Waals surface area contributed by atoms with Crippen LogP contribution in [0.5, 0.6) is 0 Å². The number of piperidine rings is 1. The molecular weight excluding hydrogens is 242 g/mol. The summed E-state index contributed by atoms with van der Waals surface area (Å²) >= 11 is 0. The fourth-order valence-corrected chi connectivity index (χ4v) is 3.15. The molecule has 0 unspecified atom stereocenters. The van der Waals surface area contributed by atoms with Gasteiger partial charge in [-0.3, -0.25) is 4.90 Å². The van der Waals surface area contributed by atoms with E-state index in [1.54, 1.807) is 0 Å². The normalized spacial score (nSPS) is 16.2. The molecule has 0 radical (unpaired) electrons. The Labute approximate surface area is 122 Å². The predicted octanol–water partition coefficient (Wildman–Crippen LogP) is 4.65. The fraction of sp³-hybridized carbons (Fsp3) is 0.368. The van der Waals surface area contributed by atoms with Gasteiger partial charge < -0.3 is 0 Å². The lowest BCUT2D eigenvalue weighted by Crippen LogP contribution is -2.29. The van der Waals surface area contributed by atoms with Crippen molar-refractivity contribution in [3.8, 4) is 11.1 Å². The number of benzene rings is 2. The van der Waals surface area contributed by atoms with Crippen LogP contribution in [-0.2, 0) is 6.54 Å². The minimum Gasteiger partial charge on any atom is -0.299 e. The molecule has 1 nitrogen and oxygen atoms in total. The molecule has 104 valence electrons. The molecule has 0 spiro atoms. The molecule has 1 fully saturated rings. The number of likely N-dealkylation sites (tertiary alicyclic amines) is 1. The zero-order valence-corrected chi connectivity index (χ0v) is 12.3. The molecule has 2 aromatic rings. The van der Waals surface area contributed by atoms with Crippen molar-refractivity contribution in [3.63, 3.8) is 0 Å². The molecule has 20 heavy (non-hydrogen) atoms. The molecule has 0 bridgehead atoms. The molecule has 0 aliphatic carbocycles. The van der Waals surface area contributed by atoms with Gasteiger partial charge in [0.15, 0.2) is 0 Å². The second kappa shape index (κ2) is 6.23. The van der Waals surface area contributed by atoms with Gasteiger partial charge in [0.1, 0.15) is 0 Å². The molecular formula is C19H23N. The molecule has 1 heteroatoms. The van der Waals surface area contributed by atoms with Gasteiger partial charge in [0.25, 0.3) is 0 Å². The van der Waals surface area contributed by atoms with Crippen LogP contribution in [0, 0.1) is 6.92 Å². The van der Waals surface area contributed by atoms with Crippen LogP contribution in [0.2, 0.25) is 0 Å². The summed E-state index contributed by atoms with van der Waals surface area (Å²) in [5.74, 6) is 0. The third kappa shape index (κ3) is 2.94. The zero-order chi connectivity index (χ0) is 13.8. The zero-order valence-electron chi connectivity index (χ0n) is 12.3. The Morgan fingerprint density at radius 1 is 0.800 bits per heavy atom. The minimum absolute atomic E-state index is 1.09. The Morgan fingerprint density at radius 2 is 1.45 bits per heavy atom. The van der Waals surface area contributed by atoms with Gasteiger partial charge in [0.2, 0.25) is 0 Å². The van der Waals surface area contributed by atoms with Gasteiger partial charge in [-0.15, -0.1) is 0 Å². The molecule has 1 saturated heterocycles. The van der Waals surface area contributed by atoms with Crippen molar-refractivity contribution < 1.29 is 0 Å². The van der Waals surface area contributed by atoms with Crippen molar-refractivity contribution in [3.05, 3.63) is 59.7 Å².